The SMILES string of the molecule is CS(=O)(=O)N1CCc2nc(CC(=O)NCc3ccc(F)cc3)c(O)c(=O)n2CC1. The summed E-state index contributed by atoms with van der Waals surface area (Å²) < 4.78 is 38.9. The van der Waals surface area contributed by atoms with Crippen molar-refractivity contribution in [1.82, 2.24) is 19.2 Å². The minimum atomic E-state index is -3.42. The van der Waals surface area contributed by atoms with Crippen LogP contribution < -0.4 is 10.9 Å². The van der Waals surface area contributed by atoms with E-state index in [1.807, 2.05) is 0 Å². The Bertz CT molecular complexity index is 1080. The van der Waals surface area contributed by atoms with E-state index in [0.717, 1.165) is 6.26 Å². The quantitative estimate of drug-likeness (QED) is 0.684. The predicted octanol–water partition coefficient (Wildman–Crippen LogP) is -0.235. The number of aromatic nitrogens is 2. The van der Waals surface area contributed by atoms with Gasteiger partial charge >= 0.3 is 0 Å². The van der Waals surface area contributed by atoms with E-state index in [9.17, 15) is 27.5 Å². The molecule has 1 aromatic heterocycles. The highest BCUT2D eigenvalue weighted by Crippen LogP contribution is 2.15. The molecule has 0 atom stereocenters. The summed E-state index contributed by atoms with van der Waals surface area (Å²) in [5.74, 6) is -1.15. The number of hydrogen-bond acceptors (Lipinski definition) is 6. The Labute approximate surface area is 166 Å². The first kappa shape index (κ1) is 20.9. The van der Waals surface area contributed by atoms with Crippen LogP contribution in [-0.2, 0) is 40.7 Å². The van der Waals surface area contributed by atoms with Gasteiger partial charge in [-0.1, -0.05) is 12.1 Å². The fourth-order valence-corrected chi connectivity index (χ4v) is 3.92. The third-order valence-electron chi connectivity index (χ3n) is 4.65. The van der Waals surface area contributed by atoms with E-state index in [1.54, 1.807) is 0 Å². The smallest absolute Gasteiger partial charge is 0.296 e. The number of hydrogen-bond donors (Lipinski definition) is 2. The Balaban J connectivity index is 1.73. The van der Waals surface area contributed by atoms with E-state index >= 15 is 0 Å². The van der Waals surface area contributed by atoms with Gasteiger partial charge in [-0.2, -0.15) is 4.31 Å². The van der Waals surface area contributed by atoms with Crippen molar-refractivity contribution in [2.24, 2.45) is 0 Å². The van der Waals surface area contributed by atoms with Gasteiger partial charge in [-0.15, -0.1) is 0 Å². The van der Waals surface area contributed by atoms with Crippen molar-refractivity contribution in [3.63, 3.8) is 0 Å². The summed E-state index contributed by atoms with van der Waals surface area (Å²) in [6, 6.07) is 5.63. The van der Waals surface area contributed by atoms with Gasteiger partial charge < -0.3 is 10.4 Å². The molecule has 0 saturated carbocycles. The van der Waals surface area contributed by atoms with Gasteiger partial charge in [0, 0.05) is 32.6 Å². The lowest BCUT2D eigenvalue weighted by molar-refractivity contribution is -0.120. The average Bonchev–Trinajstić information content (AvgIpc) is 2.88. The summed E-state index contributed by atoms with van der Waals surface area (Å²) in [6.07, 6.45) is 0.965. The van der Waals surface area contributed by atoms with Crippen molar-refractivity contribution < 1.29 is 22.7 Å². The number of amides is 1. The molecule has 3 rings (SSSR count). The second-order valence-corrected chi connectivity index (χ2v) is 8.75. The van der Waals surface area contributed by atoms with Gasteiger partial charge in [0.25, 0.3) is 5.56 Å². The molecule has 1 amide bonds. The molecular formula is C18H21FN4O5S. The lowest BCUT2D eigenvalue weighted by Gasteiger charge is -2.15. The predicted molar refractivity (Wildman–Crippen MR) is 102 cm³/mol. The van der Waals surface area contributed by atoms with Crippen LogP contribution in [-0.4, -0.2) is 52.6 Å². The third kappa shape index (κ3) is 4.98. The molecule has 2 heterocycles. The van der Waals surface area contributed by atoms with Gasteiger partial charge in [0.2, 0.25) is 21.7 Å². The Morgan fingerprint density at radius 2 is 1.93 bits per heavy atom. The summed E-state index contributed by atoms with van der Waals surface area (Å²) in [7, 11) is -3.42. The summed E-state index contributed by atoms with van der Waals surface area (Å²) in [5.41, 5.74) is -0.0721. The summed E-state index contributed by atoms with van der Waals surface area (Å²) in [5, 5.41) is 12.8. The monoisotopic (exact) mass is 424 g/mol. The molecule has 0 radical (unpaired) electrons. The summed E-state index contributed by atoms with van der Waals surface area (Å²) >= 11 is 0. The molecule has 9 nitrogen and oxygen atoms in total. The maximum Gasteiger partial charge on any atom is 0.296 e. The molecule has 0 spiro atoms. The minimum absolute atomic E-state index is 0.0642. The van der Waals surface area contributed by atoms with E-state index < -0.39 is 27.2 Å². The topological polar surface area (TPSA) is 122 Å². The molecule has 29 heavy (non-hydrogen) atoms. The highest BCUT2D eigenvalue weighted by molar-refractivity contribution is 7.88. The first-order chi connectivity index (χ1) is 13.6. The van der Waals surface area contributed by atoms with Gasteiger partial charge in [-0.3, -0.25) is 14.2 Å². The lowest BCUT2D eigenvalue weighted by atomic mass is 10.2. The Morgan fingerprint density at radius 1 is 1.24 bits per heavy atom. The maximum atomic E-state index is 12.9. The van der Waals surface area contributed by atoms with E-state index in [-0.39, 0.29) is 50.5 Å². The van der Waals surface area contributed by atoms with Crippen LogP contribution >= 0.6 is 0 Å². The maximum absolute atomic E-state index is 12.9. The highest BCUT2D eigenvalue weighted by atomic mass is 32.2. The number of rotatable bonds is 5. The average molecular weight is 424 g/mol. The van der Waals surface area contributed by atoms with Crippen LogP contribution in [0.15, 0.2) is 29.1 Å². The lowest BCUT2D eigenvalue weighted by Crippen LogP contribution is -2.33. The molecule has 0 bridgehead atoms. The molecule has 0 aliphatic carbocycles. The number of carbonyl (C=O) groups excluding carboxylic acids is 1. The van der Waals surface area contributed by atoms with Crippen molar-refractivity contribution in [1.29, 1.82) is 0 Å². The van der Waals surface area contributed by atoms with Crippen LogP contribution in [0.5, 0.6) is 5.75 Å². The zero-order chi connectivity index (χ0) is 21.2. The minimum Gasteiger partial charge on any atom is -0.502 e. The Morgan fingerprint density at radius 3 is 2.59 bits per heavy atom. The van der Waals surface area contributed by atoms with E-state index in [0.29, 0.717) is 11.4 Å². The van der Waals surface area contributed by atoms with Crippen LogP contribution in [0.4, 0.5) is 4.39 Å². The number of sulfonamides is 1. The van der Waals surface area contributed by atoms with Crippen LogP contribution in [0, 0.1) is 5.82 Å². The Kier molecular flexibility index (Phi) is 5.99. The molecule has 0 unspecified atom stereocenters. The molecule has 1 aliphatic heterocycles. The normalized spacial score (nSPS) is 14.8. The highest BCUT2D eigenvalue weighted by Gasteiger charge is 2.25. The fourth-order valence-electron chi connectivity index (χ4n) is 3.08. The standard InChI is InChI=1S/C18H21FN4O5S/c1-29(27,28)22-7-6-15-21-14(17(25)18(26)23(15)9-8-22)10-16(24)20-11-12-2-4-13(19)5-3-12/h2-5,25H,6-11H2,1H3,(H,20,24). The first-order valence-corrected chi connectivity index (χ1v) is 10.8. The van der Waals surface area contributed by atoms with Crippen LogP contribution in [0.3, 0.4) is 0 Å². The third-order valence-corrected chi connectivity index (χ3v) is 5.96. The molecule has 1 aliphatic rings. The molecule has 11 heteroatoms. The second-order valence-electron chi connectivity index (χ2n) is 6.77. The van der Waals surface area contributed by atoms with E-state index in [2.05, 4.69) is 10.3 Å². The van der Waals surface area contributed by atoms with Crippen molar-refractivity contribution >= 4 is 15.9 Å². The number of halogens is 1. The summed E-state index contributed by atoms with van der Waals surface area (Å²) in [6.45, 7) is 0.489. The molecule has 2 aromatic rings. The number of carbonyl (C=O) groups is 1. The molecule has 0 fully saturated rings. The van der Waals surface area contributed by atoms with E-state index in [4.69, 9.17) is 0 Å². The van der Waals surface area contributed by atoms with Crippen molar-refractivity contribution in [3.05, 3.63) is 57.5 Å². The molecule has 1 aromatic carbocycles. The molecule has 0 saturated heterocycles. The van der Waals surface area contributed by atoms with Gasteiger partial charge in [-0.25, -0.2) is 17.8 Å². The summed E-state index contributed by atoms with van der Waals surface area (Å²) in [4.78, 5) is 28.9. The fraction of sp³-hybridized carbons (Fsp3) is 0.389. The second kappa shape index (κ2) is 8.29. The number of aromatic hydroxyl groups is 1. The van der Waals surface area contributed by atoms with Crippen LogP contribution in [0.1, 0.15) is 17.1 Å². The number of benzene rings is 1. The largest absolute Gasteiger partial charge is 0.502 e. The van der Waals surface area contributed by atoms with E-state index in [1.165, 1.54) is 33.1 Å². The van der Waals surface area contributed by atoms with Crippen LogP contribution in [0.2, 0.25) is 0 Å². The van der Waals surface area contributed by atoms with Gasteiger partial charge in [-0.05, 0) is 17.7 Å². The molecule has 156 valence electrons. The first-order valence-electron chi connectivity index (χ1n) is 8.93. The van der Waals surface area contributed by atoms with Crippen LogP contribution in [0.25, 0.3) is 0 Å². The zero-order valence-electron chi connectivity index (χ0n) is 15.8. The van der Waals surface area contributed by atoms with Gasteiger partial charge in [0.05, 0.1) is 18.4 Å². The molecular weight excluding hydrogens is 403 g/mol. The number of fused-ring (bicyclic) bond motifs is 1. The number of nitrogens with zero attached hydrogens (tertiary/aromatic N) is 3. The van der Waals surface area contributed by atoms with Gasteiger partial charge in [0.1, 0.15) is 11.6 Å². The Hall–Kier alpha value is -2.79. The van der Waals surface area contributed by atoms with Crippen molar-refractivity contribution in [2.45, 2.75) is 25.9 Å². The molecule has 2 N–H and O–H groups in total. The van der Waals surface area contributed by atoms with Crippen molar-refractivity contribution in [3.8, 4) is 5.75 Å². The number of nitrogens with one attached hydrogen (secondary N) is 1. The zero-order valence-corrected chi connectivity index (χ0v) is 16.6. The van der Waals surface area contributed by atoms with Crippen molar-refractivity contribution in [2.75, 3.05) is 19.3 Å². The van der Waals surface area contributed by atoms with Gasteiger partial charge in [0.15, 0.2) is 0 Å².